The summed E-state index contributed by atoms with van der Waals surface area (Å²) in [5.74, 6) is 0. The molecule has 0 N–H and O–H groups in total. The lowest BCUT2D eigenvalue weighted by molar-refractivity contribution is 0.109. The van der Waals surface area contributed by atoms with Gasteiger partial charge in [0.05, 0.1) is 10.3 Å². The Bertz CT molecular complexity index is 419. The molecule has 0 atom stereocenters. The van der Waals surface area contributed by atoms with Crippen LogP contribution in [0.2, 0.25) is 0 Å². The molecule has 0 fully saturated rings. The fraction of sp³-hybridized carbons (Fsp3) is 0.167. The Morgan fingerprint density at radius 1 is 1.67 bits per heavy atom. The molecule has 0 aromatic carbocycles. The summed E-state index contributed by atoms with van der Waals surface area (Å²) in [7, 11) is 0. The SMILES string of the molecule is CSC(=O)c1csc2nnsc12. The van der Waals surface area contributed by atoms with Crippen molar-refractivity contribution in [2.45, 2.75) is 0 Å². The molecule has 2 rings (SSSR count). The highest BCUT2D eigenvalue weighted by Gasteiger charge is 2.13. The van der Waals surface area contributed by atoms with Gasteiger partial charge in [0.1, 0.15) is 0 Å². The Morgan fingerprint density at radius 3 is 3.25 bits per heavy atom. The number of carbonyl (C=O) groups excluding carboxylic acids is 1. The zero-order chi connectivity index (χ0) is 8.55. The van der Waals surface area contributed by atoms with Crippen LogP contribution in [0.4, 0.5) is 0 Å². The zero-order valence-corrected chi connectivity index (χ0v) is 8.55. The molecule has 2 heterocycles. The van der Waals surface area contributed by atoms with Crippen molar-refractivity contribution in [1.29, 1.82) is 0 Å². The minimum atomic E-state index is 0.0901. The highest BCUT2D eigenvalue weighted by Crippen LogP contribution is 2.28. The van der Waals surface area contributed by atoms with Crippen LogP contribution in [-0.4, -0.2) is 21.0 Å². The van der Waals surface area contributed by atoms with Gasteiger partial charge in [-0.15, -0.1) is 16.4 Å². The summed E-state index contributed by atoms with van der Waals surface area (Å²) in [6, 6.07) is 0. The second-order valence-electron chi connectivity index (χ2n) is 2.05. The van der Waals surface area contributed by atoms with Gasteiger partial charge in [0.2, 0.25) is 5.12 Å². The summed E-state index contributed by atoms with van der Waals surface area (Å²) in [4.78, 5) is 12.2. The van der Waals surface area contributed by atoms with E-state index in [9.17, 15) is 4.79 Å². The van der Waals surface area contributed by atoms with Crippen molar-refractivity contribution in [3.8, 4) is 0 Å². The average Bonchev–Trinajstić information content (AvgIpc) is 2.62. The second kappa shape index (κ2) is 3.12. The van der Waals surface area contributed by atoms with E-state index >= 15 is 0 Å². The number of thiophene rings is 1. The predicted molar refractivity (Wildman–Crippen MR) is 53.1 cm³/mol. The molecule has 0 spiro atoms. The minimum absolute atomic E-state index is 0.0901. The van der Waals surface area contributed by atoms with Crippen LogP contribution in [-0.2, 0) is 0 Å². The molecule has 0 aliphatic rings. The van der Waals surface area contributed by atoms with Gasteiger partial charge in [-0.05, 0) is 17.8 Å². The van der Waals surface area contributed by atoms with Crippen molar-refractivity contribution in [2.24, 2.45) is 0 Å². The van der Waals surface area contributed by atoms with Crippen LogP contribution < -0.4 is 0 Å². The van der Waals surface area contributed by atoms with Crippen LogP contribution in [0.3, 0.4) is 0 Å². The van der Waals surface area contributed by atoms with Crippen molar-refractivity contribution in [2.75, 3.05) is 6.26 Å². The average molecular weight is 216 g/mol. The largest absolute Gasteiger partial charge is 0.281 e. The maximum Gasteiger partial charge on any atom is 0.221 e. The van der Waals surface area contributed by atoms with Crippen LogP contribution >= 0.6 is 34.6 Å². The first kappa shape index (κ1) is 8.15. The third-order valence-corrected chi connectivity index (χ3v) is 3.74. The van der Waals surface area contributed by atoms with Gasteiger partial charge >= 0.3 is 0 Å². The summed E-state index contributed by atoms with van der Waals surface area (Å²) in [6.07, 6.45) is 1.78. The Hall–Kier alpha value is -0.460. The molecule has 0 amide bonds. The quantitative estimate of drug-likeness (QED) is 0.733. The second-order valence-corrected chi connectivity index (χ2v) is 4.44. The molecular formula is C6H4N2OS3. The monoisotopic (exact) mass is 216 g/mol. The van der Waals surface area contributed by atoms with Crippen molar-refractivity contribution in [3.63, 3.8) is 0 Å². The highest BCUT2D eigenvalue weighted by molar-refractivity contribution is 8.13. The van der Waals surface area contributed by atoms with E-state index in [1.165, 1.54) is 34.6 Å². The molecule has 6 heteroatoms. The van der Waals surface area contributed by atoms with Gasteiger partial charge in [0.15, 0.2) is 4.83 Å². The van der Waals surface area contributed by atoms with Crippen LogP contribution in [0.5, 0.6) is 0 Å². The number of nitrogens with zero attached hydrogens (tertiary/aromatic N) is 2. The smallest absolute Gasteiger partial charge is 0.221 e. The molecule has 62 valence electrons. The molecule has 2 aromatic heterocycles. The van der Waals surface area contributed by atoms with Crippen LogP contribution in [0.15, 0.2) is 5.38 Å². The van der Waals surface area contributed by atoms with Gasteiger partial charge in [-0.1, -0.05) is 16.3 Å². The molecule has 12 heavy (non-hydrogen) atoms. The Labute approximate surface area is 81.0 Å². The van der Waals surface area contributed by atoms with Crippen LogP contribution in [0.1, 0.15) is 10.4 Å². The Kier molecular flexibility index (Phi) is 2.12. The number of aromatic nitrogens is 2. The maximum absolute atomic E-state index is 11.3. The summed E-state index contributed by atoms with van der Waals surface area (Å²) >= 11 is 3.97. The van der Waals surface area contributed by atoms with E-state index in [1.54, 1.807) is 6.26 Å². The molecule has 0 saturated carbocycles. The molecule has 3 nitrogen and oxygen atoms in total. The van der Waals surface area contributed by atoms with Crippen molar-refractivity contribution < 1.29 is 4.79 Å². The lowest BCUT2D eigenvalue weighted by atomic mass is 10.4. The third-order valence-electron chi connectivity index (χ3n) is 1.40. The summed E-state index contributed by atoms with van der Waals surface area (Å²) in [5.41, 5.74) is 0.748. The topological polar surface area (TPSA) is 42.9 Å². The zero-order valence-electron chi connectivity index (χ0n) is 6.10. The van der Waals surface area contributed by atoms with Crippen molar-refractivity contribution in [1.82, 2.24) is 9.59 Å². The van der Waals surface area contributed by atoms with Crippen LogP contribution in [0, 0.1) is 0 Å². The number of fused-ring (bicyclic) bond motifs is 1. The van der Waals surface area contributed by atoms with E-state index in [1.807, 2.05) is 5.38 Å². The van der Waals surface area contributed by atoms with E-state index in [2.05, 4.69) is 9.59 Å². The van der Waals surface area contributed by atoms with Crippen molar-refractivity contribution in [3.05, 3.63) is 10.9 Å². The number of hydrogen-bond acceptors (Lipinski definition) is 6. The van der Waals surface area contributed by atoms with Gasteiger partial charge in [0, 0.05) is 5.38 Å². The van der Waals surface area contributed by atoms with Gasteiger partial charge in [-0.25, -0.2) is 0 Å². The standard InChI is InChI=1S/C6H4N2OS3/c1-10-6(9)3-2-11-5-4(3)12-8-7-5/h2H,1H3. The van der Waals surface area contributed by atoms with Gasteiger partial charge in [0.25, 0.3) is 0 Å². The molecule has 0 saturated heterocycles. The predicted octanol–water partition coefficient (Wildman–Crippen LogP) is 2.26. The lowest BCUT2D eigenvalue weighted by Crippen LogP contribution is -1.87. The van der Waals surface area contributed by atoms with E-state index < -0.39 is 0 Å². The summed E-state index contributed by atoms with van der Waals surface area (Å²) < 4.78 is 4.70. The number of rotatable bonds is 1. The fourth-order valence-corrected chi connectivity index (χ4v) is 3.08. The Balaban J connectivity index is 2.61. The van der Waals surface area contributed by atoms with Gasteiger partial charge in [-0.3, -0.25) is 4.79 Å². The van der Waals surface area contributed by atoms with E-state index in [0.717, 1.165) is 15.1 Å². The van der Waals surface area contributed by atoms with E-state index in [4.69, 9.17) is 0 Å². The summed E-state index contributed by atoms with van der Waals surface area (Å²) in [6.45, 7) is 0. The molecule has 0 aliphatic carbocycles. The third kappa shape index (κ3) is 1.16. The first-order valence-electron chi connectivity index (χ1n) is 3.11. The number of thioether (sulfide) groups is 1. The van der Waals surface area contributed by atoms with Crippen LogP contribution in [0.25, 0.3) is 9.53 Å². The Morgan fingerprint density at radius 2 is 2.50 bits per heavy atom. The summed E-state index contributed by atoms with van der Waals surface area (Å²) in [5, 5.41) is 5.81. The molecule has 0 unspecified atom stereocenters. The lowest BCUT2D eigenvalue weighted by Gasteiger charge is -1.88. The van der Waals surface area contributed by atoms with E-state index in [-0.39, 0.29) is 5.12 Å². The molecule has 0 aliphatic heterocycles. The van der Waals surface area contributed by atoms with E-state index in [0.29, 0.717) is 0 Å². The molecule has 0 bridgehead atoms. The molecule has 2 aromatic rings. The highest BCUT2D eigenvalue weighted by atomic mass is 32.2. The minimum Gasteiger partial charge on any atom is -0.281 e. The fourth-order valence-electron chi connectivity index (χ4n) is 0.843. The van der Waals surface area contributed by atoms with Gasteiger partial charge < -0.3 is 0 Å². The number of carbonyl (C=O) groups is 1. The van der Waals surface area contributed by atoms with Gasteiger partial charge in [-0.2, -0.15) is 0 Å². The maximum atomic E-state index is 11.3. The number of hydrogen-bond donors (Lipinski definition) is 0. The normalized spacial score (nSPS) is 10.8. The van der Waals surface area contributed by atoms with Crippen molar-refractivity contribution >= 4 is 49.3 Å². The first-order chi connectivity index (χ1) is 5.83. The molecular weight excluding hydrogens is 212 g/mol. The molecule has 0 radical (unpaired) electrons. The first-order valence-corrected chi connectivity index (χ1v) is 5.98.